The predicted octanol–water partition coefficient (Wildman–Crippen LogP) is 5.67. The minimum atomic E-state index is -2.98. The Labute approximate surface area is 234 Å². The molecule has 2 heterocycles. The predicted molar refractivity (Wildman–Crippen MR) is 158 cm³/mol. The first kappa shape index (κ1) is 27.4. The van der Waals surface area contributed by atoms with Crippen molar-refractivity contribution < 1.29 is 17.5 Å². The first-order chi connectivity index (χ1) is 19.3. The van der Waals surface area contributed by atoms with Gasteiger partial charge >= 0.3 is 0 Å². The molecule has 2 N–H and O–H groups in total. The average molecular weight is 559 g/mol. The van der Waals surface area contributed by atoms with Gasteiger partial charge in [-0.2, -0.15) is 0 Å². The van der Waals surface area contributed by atoms with Gasteiger partial charge in [-0.15, -0.1) is 0 Å². The van der Waals surface area contributed by atoms with Crippen LogP contribution in [0.25, 0.3) is 6.08 Å². The number of ether oxygens (including phenoxy) is 1. The molecule has 0 atom stereocenters. The molecule has 1 aromatic heterocycles. The van der Waals surface area contributed by atoms with Gasteiger partial charge in [-0.25, -0.2) is 12.8 Å². The molecular formula is C31H31FN4O3S. The quantitative estimate of drug-likeness (QED) is 0.230. The highest BCUT2D eigenvalue weighted by atomic mass is 32.2. The molecule has 1 aliphatic heterocycles. The summed E-state index contributed by atoms with van der Waals surface area (Å²) in [7, 11) is -2.98. The number of fused-ring (bicyclic) bond motifs is 1. The third kappa shape index (κ3) is 7.46. The maximum absolute atomic E-state index is 13.4. The van der Waals surface area contributed by atoms with Crippen LogP contribution in [0.2, 0.25) is 0 Å². The van der Waals surface area contributed by atoms with Crippen LogP contribution in [-0.2, 0) is 29.5 Å². The summed E-state index contributed by atoms with van der Waals surface area (Å²) in [6.45, 7) is 1.97. The lowest BCUT2D eigenvalue weighted by molar-refractivity contribution is 0.305. The van der Waals surface area contributed by atoms with Crippen molar-refractivity contribution in [1.82, 2.24) is 10.3 Å². The van der Waals surface area contributed by atoms with Crippen molar-refractivity contribution in [1.29, 1.82) is 0 Å². The summed E-state index contributed by atoms with van der Waals surface area (Å²) in [5.41, 5.74) is 6.89. The SMILES string of the molecule is CS(=O)(=O)CCNCc1cccc(N2C=Cc3cncc(Nc4ccc(OCc5cccc(F)c5)cc4)c3C2)c1. The Kier molecular flexibility index (Phi) is 8.42. The molecule has 3 aromatic carbocycles. The van der Waals surface area contributed by atoms with Crippen LogP contribution in [0.15, 0.2) is 91.4 Å². The Morgan fingerprint density at radius 2 is 1.80 bits per heavy atom. The van der Waals surface area contributed by atoms with Gasteiger partial charge in [0.05, 0.1) is 24.2 Å². The van der Waals surface area contributed by atoms with Gasteiger partial charge in [0.15, 0.2) is 0 Å². The lowest BCUT2D eigenvalue weighted by Crippen LogP contribution is -2.23. The van der Waals surface area contributed by atoms with E-state index in [1.165, 1.54) is 18.4 Å². The summed E-state index contributed by atoms with van der Waals surface area (Å²) in [5, 5.41) is 6.69. The standard InChI is InChI=1S/C31H31FN4O3S/c1-40(37,38)15-13-33-18-23-4-3-7-28(17-23)36-14-12-25-19-34-20-31(30(25)21-36)35-27-8-10-29(11-9-27)39-22-24-5-2-6-26(32)16-24/h2-12,14,16-17,19-20,33,35H,13,15,18,21-22H2,1H3. The molecule has 0 bridgehead atoms. The summed E-state index contributed by atoms with van der Waals surface area (Å²) in [6.07, 6.45) is 9.04. The molecule has 40 heavy (non-hydrogen) atoms. The molecule has 0 saturated heterocycles. The van der Waals surface area contributed by atoms with E-state index < -0.39 is 9.84 Å². The molecule has 1 aliphatic rings. The molecule has 0 unspecified atom stereocenters. The lowest BCUT2D eigenvalue weighted by atomic mass is 10.0. The van der Waals surface area contributed by atoms with Crippen molar-refractivity contribution >= 4 is 33.0 Å². The number of nitrogens with one attached hydrogen (secondary N) is 2. The molecule has 0 fully saturated rings. The van der Waals surface area contributed by atoms with E-state index in [9.17, 15) is 12.8 Å². The molecule has 9 heteroatoms. The monoisotopic (exact) mass is 558 g/mol. The smallest absolute Gasteiger partial charge is 0.148 e. The number of anilines is 3. The van der Waals surface area contributed by atoms with Gasteiger partial charge in [-0.05, 0) is 65.7 Å². The van der Waals surface area contributed by atoms with E-state index in [-0.39, 0.29) is 11.6 Å². The van der Waals surface area contributed by atoms with Crippen LogP contribution in [0.1, 0.15) is 22.3 Å². The largest absolute Gasteiger partial charge is 0.489 e. The topological polar surface area (TPSA) is 83.6 Å². The number of benzene rings is 3. The number of rotatable bonds is 11. The Morgan fingerprint density at radius 3 is 2.60 bits per heavy atom. The third-order valence-corrected chi connectivity index (χ3v) is 7.45. The molecule has 5 rings (SSSR count). The summed E-state index contributed by atoms with van der Waals surface area (Å²) < 4.78 is 41.9. The second-order valence-electron chi connectivity index (χ2n) is 9.74. The van der Waals surface area contributed by atoms with E-state index in [0.717, 1.165) is 39.3 Å². The van der Waals surface area contributed by atoms with Gasteiger partial charge in [-0.1, -0.05) is 24.3 Å². The molecule has 0 spiro atoms. The van der Waals surface area contributed by atoms with Crippen LogP contribution in [0, 0.1) is 5.82 Å². The van der Waals surface area contributed by atoms with E-state index in [2.05, 4.69) is 44.9 Å². The van der Waals surface area contributed by atoms with Crippen molar-refractivity contribution in [2.24, 2.45) is 0 Å². The van der Waals surface area contributed by atoms with E-state index in [1.807, 2.05) is 54.9 Å². The normalized spacial score (nSPS) is 12.7. The molecular weight excluding hydrogens is 527 g/mol. The number of nitrogens with zero attached hydrogens (tertiary/aromatic N) is 2. The maximum atomic E-state index is 13.4. The fourth-order valence-corrected chi connectivity index (χ4v) is 4.94. The Hall–Kier alpha value is -4.21. The molecule has 7 nitrogen and oxygen atoms in total. The van der Waals surface area contributed by atoms with Gasteiger partial charge in [0.1, 0.15) is 28.0 Å². The highest BCUT2D eigenvalue weighted by Crippen LogP contribution is 2.31. The molecule has 4 aromatic rings. The van der Waals surface area contributed by atoms with Crippen LogP contribution in [-0.4, -0.2) is 32.0 Å². The second kappa shape index (κ2) is 12.3. The number of halogens is 1. The third-order valence-electron chi connectivity index (χ3n) is 6.50. The minimum Gasteiger partial charge on any atom is -0.489 e. The van der Waals surface area contributed by atoms with Crippen LogP contribution in [0.4, 0.5) is 21.5 Å². The highest BCUT2D eigenvalue weighted by molar-refractivity contribution is 7.90. The van der Waals surface area contributed by atoms with Crippen molar-refractivity contribution in [2.45, 2.75) is 19.7 Å². The van der Waals surface area contributed by atoms with E-state index in [1.54, 1.807) is 6.07 Å². The Morgan fingerprint density at radius 1 is 1.00 bits per heavy atom. The van der Waals surface area contributed by atoms with E-state index >= 15 is 0 Å². The zero-order chi connectivity index (χ0) is 28.0. The minimum absolute atomic E-state index is 0.118. The molecule has 206 valence electrons. The lowest BCUT2D eigenvalue weighted by Gasteiger charge is -2.27. The van der Waals surface area contributed by atoms with Gasteiger partial charge in [0.2, 0.25) is 0 Å². The highest BCUT2D eigenvalue weighted by Gasteiger charge is 2.17. The number of aromatic nitrogens is 1. The summed E-state index contributed by atoms with van der Waals surface area (Å²) in [5.74, 6) is 0.538. The molecule has 0 amide bonds. The van der Waals surface area contributed by atoms with Crippen LogP contribution in [0.5, 0.6) is 5.75 Å². The first-order valence-corrected chi connectivity index (χ1v) is 15.0. The number of sulfone groups is 1. The van der Waals surface area contributed by atoms with Crippen LogP contribution in [0.3, 0.4) is 0 Å². The van der Waals surface area contributed by atoms with Crippen molar-refractivity contribution in [3.05, 3.63) is 119 Å². The molecule has 0 saturated carbocycles. The Bertz CT molecular complexity index is 1610. The summed E-state index contributed by atoms with van der Waals surface area (Å²) >= 11 is 0. The molecule has 0 radical (unpaired) electrons. The van der Waals surface area contributed by atoms with Gasteiger partial charge in [-0.3, -0.25) is 4.98 Å². The van der Waals surface area contributed by atoms with E-state index in [4.69, 9.17) is 4.74 Å². The van der Waals surface area contributed by atoms with Gasteiger partial charge < -0.3 is 20.3 Å². The van der Waals surface area contributed by atoms with Gasteiger partial charge in [0.25, 0.3) is 0 Å². The van der Waals surface area contributed by atoms with Crippen molar-refractivity contribution in [3.63, 3.8) is 0 Å². The van der Waals surface area contributed by atoms with E-state index in [0.29, 0.717) is 32.0 Å². The summed E-state index contributed by atoms with van der Waals surface area (Å²) in [4.78, 5) is 6.59. The van der Waals surface area contributed by atoms with Crippen LogP contribution < -0.4 is 20.3 Å². The number of pyridine rings is 1. The van der Waals surface area contributed by atoms with Gasteiger partial charge in [0, 0.05) is 54.2 Å². The fourth-order valence-electron chi connectivity index (χ4n) is 4.42. The maximum Gasteiger partial charge on any atom is 0.148 e. The summed E-state index contributed by atoms with van der Waals surface area (Å²) in [6, 6.07) is 22.2. The molecule has 0 aliphatic carbocycles. The zero-order valence-electron chi connectivity index (χ0n) is 22.2. The first-order valence-electron chi connectivity index (χ1n) is 13.0. The number of hydrogen-bond donors (Lipinski definition) is 2. The second-order valence-corrected chi connectivity index (χ2v) is 12.0. The van der Waals surface area contributed by atoms with Crippen molar-refractivity contribution in [2.75, 3.05) is 28.8 Å². The van der Waals surface area contributed by atoms with Crippen molar-refractivity contribution in [3.8, 4) is 5.75 Å². The fraction of sp³-hybridized carbons (Fsp3) is 0.194. The number of hydrogen-bond acceptors (Lipinski definition) is 7. The zero-order valence-corrected chi connectivity index (χ0v) is 23.0. The van der Waals surface area contributed by atoms with Crippen LogP contribution >= 0.6 is 0 Å². The average Bonchev–Trinajstić information content (AvgIpc) is 2.95. The Balaban J connectivity index is 1.23.